The van der Waals surface area contributed by atoms with E-state index in [0.717, 1.165) is 18.6 Å². The van der Waals surface area contributed by atoms with Gasteiger partial charge in [0.05, 0.1) is 13.2 Å². The Balaban J connectivity index is 2.11. The number of ketones is 1. The number of ether oxygens (including phenoxy) is 2. The average Bonchev–Trinajstić information content (AvgIpc) is 2.40. The number of carbonyl (C=O) groups excluding carboxylic acids is 1. The lowest BCUT2D eigenvalue weighted by Crippen LogP contribution is -2.11. The smallest absolute Gasteiger partial charge is 0.227 e. The first-order valence-electron chi connectivity index (χ1n) is 5.92. The standard InChI is InChI=1S/C14H16O3/c1-2-16-12-8-6-11(7-9-12)14(15)13-5-3-4-10-17-13/h5-9H,2-4,10H2,1H3. The van der Waals surface area contributed by atoms with Gasteiger partial charge in [-0.2, -0.15) is 0 Å². The molecular weight excluding hydrogens is 216 g/mol. The minimum absolute atomic E-state index is 0.0484. The molecule has 2 rings (SSSR count). The summed E-state index contributed by atoms with van der Waals surface area (Å²) in [7, 11) is 0. The third kappa shape index (κ3) is 2.87. The molecule has 3 heteroatoms. The van der Waals surface area contributed by atoms with Crippen molar-refractivity contribution in [2.45, 2.75) is 19.8 Å². The molecule has 0 radical (unpaired) electrons. The number of allylic oxidation sites excluding steroid dienone is 2. The Hall–Kier alpha value is -1.77. The van der Waals surface area contributed by atoms with E-state index < -0.39 is 0 Å². The number of carbonyl (C=O) groups is 1. The van der Waals surface area contributed by atoms with Gasteiger partial charge in [0.2, 0.25) is 5.78 Å². The molecule has 1 aliphatic rings. The van der Waals surface area contributed by atoms with Crippen LogP contribution < -0.4 is 4.74 Å². The maximum atomic E-state index is 12.0. The SMILES string of the molecule is CCOc1ccc(C(=O)C2=CCCCO2)cc1. The summed E-state index contributed by atoms with van der Waals surface area (Å²) >= 11 is 0. The van der Waals surface area contributed by atoms with E-state index in [2.05, 4.69) is 0 Å². The summed E-state index contributed by atoms with van der Waals surface area (Å²) in [6, 6.07) is 7.15. The van der Waals surface area contributed by atoms with Crippen LogP contribution in [0.2, 0.25) is 0 Å². The Labute approximate surface area is 101 Å². The van der Waals surface area contributed by atoms with Gasteiger partial charge in [-0.3, -0.25) is 4.79 Å². The van der Waals surface area contributed by atoms with Gasteiger partial charge < -0.3 is 9.47 Å². The second-order valence-electron chi connectivity index (χ2n) is 3.85. The summed E-state index contributed by atoms with van der Waals surface area (Å²) in [5.74, 6) is 1.20. The third-order valence-electron chi connectivity index (χ3n) is 2.59. The molecule has 0 spiro atoms. The molecule has 3 nitrogen and oxygen atoms in total. The van der Waals surface area contributed by atoms with Crippen molar-refractivity contribution < 1.29 is 14.3 Å². The van der Waals surface area contributed by atoms with Crippen LogP contribution in [0, 0.1) is 0 Å². The molecule has 0 amide bonds. The third-order valence-corrected chi connectivity index (χ3v) is 2.59. The fraction of sp³-hybridized carbons (Fsp3) is 0.357. The normalized spacial score (nSPS) is 14.8. The summed E-state index contributed by atoms with van der Waals surface area (Å²) in [5, 5.41) is 0. The minimum Gasteiger partial charge on any atom is -0.494 e. The number of hydrogen-bond donors (Lipinski definition) is 0. The average molecular weight is 232 g/mol. The minimum atomic E-state index is -0.0484. The molecule has 0 atom stereocenters. The molecule has 17 heavy (non-hydrogen) atoms. The molecule has 1 aromatic carbocycles. The summed E-state index contributed by atoms with van der Waals surface area (Å²) in [6.45, 7) is 3.19. The molecule has 0 unspecified atom stereocenters. The number of Topliss-reactive ketones (excluding diaryl/α,β-unsaturated/α-hetero) is 1. The quantitative estimate of drug-likeness (QED) is 0.749. The Morgan fingerprint density at radius 2 is 2.12 bits per heavy atom. The van der Waals surface area contributed by atoms with Crippen molar-refractivity contribution in [1.29, 1.82) is 0 Å². The molecule has 0 saturated carbocycles. The predicted octanol–water partition coefficient (Wildman–Crippen LogP) is 2.96. The van der Waals surface area contributed by atoms with E-state index in [1.807, 2.05) is 13.0 Å². The lowest BCUT2D eigenvalue weighted by Gasteiger charge is -2.13. The Bertz CT molecular complexity index is 418. The Morgan fingerprint density at radius 1 is 1.35 bits per heavy atom. The van der Waals surface area contributed by atoms with Gasteiger partial charge in [0.15, 0.2) is 5.76 Å². The molecule has 90 valence electrons. The van der Waals surface area contributed by atoms with Crippen LogP contribution >= 0.6 is 0 Å². The van der Waals surface area contributed by atoms with Crippen molar-refractivity contribution in [2.24, 2.45) is 0 Å². The lowest BCUT2D eigenvalue weighted by molar-refractivity contribution is 0.0899. The van der Waals surface area contributed by atoms with Crippen LogP contribution in [0.3, 0.4) is 0 Å². The van der Waals surface area contributed by atoms with E-state index >= 15 is 0 Å². The van der Waals surface area contributed by atoms with Crippen molar-refractivity contribution in [3.63, 3.8) is 0 Å². The van der Waals surface area contributed by atoms with E-state index in [-0.39, 0.29) is 5.78 Å². The molecular formula is C14H16O3. The van der Waals surface area contributed by atoms with Crippen molar-refractivity contribution in [3.05, 3.63) is 41.7 Å². The number of rotatable bonds is 4. The number of hydrogen-bond acceptors (Lipinski definition) is 3. The maximum absolute atomic E-state index is 12.0. The van der Waals surface area contributed by atoms with E-state index in [1.165, 1.54) is 0 Å². The highest BCUT2D eigenvalue weighted by Crippen LogP contribution is 2.18. The van der Waals surface area contributed by atoms with Gasteiger partial charge in [-0.05, 0) is 50.1 Å². The number of benzene rings is 1. The van der Waals surface area contributed by atoms with Gasteiger partial charge in [-0.1, -0.05) is 0 Å². The van der Waals surface area contributed by atoms with Crippen LogP contribution in [0.1, 0.15) is 30.1 Å². The van der Waals surface area contributed by atoms with Crippen molar-refractivity contribution in [2.75, 3.05) is 13.2 Å². The van der Waals surface area contributed by atoms with Crippen LogP contribution in [-0.4, -0.2) is 19.0 Å². The molecule has 0 aliphatic carbocycles. The highest BCUT2D eigenvalue weighted by molar-refractivity contribution is 6.07. The molecule has 0 fully saturated rings. The zero-order valence-corrected chi connectivity index (χ0v) is 9.94. The van der Waals surface area contributed by atoms with E-state index in [9.17, 15) is 4.79 Å². The highest BCUT2D eigenvalue weighted by Gasteiger charge is 2.15. The molecule has 0 saturated heterocycles. The maximum Gasteiger partial charge on any atom is 0.227 e. The van der Waals surface area contributed by atoms with Gasteiger partial charge in [-0.15, -0.1) is 0 Å². The first-order chi connectivity index (χ1) is 8.31. The van der Waals surface area contributed by atoms with Crippen molar-refractivity contribution >= 4 is 5.78 Å². The summed E-state index contributed by atoms with van der Waals surface area (Å²) in [6.07, 6.45) is 3.76. The van der Waals surface area contributed by atoms with E-state index in [0.29, 0.717) is 24.5 Å². The first kappa shape index (κ1) is 11.7. The second-order valence-corrected chi connectivity index (χ2v) is 3.85. The Morgan fingerprint density at radius 3 is 2.71 bits per heavy atom. The van der Waals surface area contributed by atoms with Crippen LogP contribution in [0.5, 0.6) is 5.75 Å². The highest BCUT2D eigenvalue weighted by atomic mass is 16.5. The second kappa shape index (κ2) is 5.53. The molecule has 0 aromatic heterocycles. The topological polar surface area (TPSA) is 35.5 Å². The van der Waals surface area contributed by atoms with Crippen LogP contribution in [0.15, 0.2) is 36.1 Å². The first-order valence-corrected chi connectivity index (χ1v) is 5.92. The molecule has 0 bridgehead atoms. The zero-order chi connectivity index (χ0) is 12.1. The van der Waals surface area contributed by atoms with Gasteiger partial charge >= 0.3 is 0 Å². The van der Waals surface area contributed by atoms with E-state index in [4.69, 9.17) is 9.47 Å². The largest absolute Gasteiger partial charge is 0.494 e. The molecule has 0 N–H and O–H groups in total. The van der Waals surface area contributed by atoms with E-state index in [1.54, 1.807) is 24.3 Å². The van der Waals surface area contributed by atoms with Crippen molar-refractivity contribution in [1.82, 2.24) is 0 Å². The summed E-state index contributed by atoms with van der Waals surface area (Å²) in [5.41, 5.74) is 0.640. The molecule has 1 aromatic rings. The van der Waals surface area contributed by atoms with Gasteiger partial charge in [0, 0.05) is 5.56 Å². The molecule has 1 aliphatic heterocycles. The fourth-order valence-electron chi connectivity index (χ4n) is 1.73. The van der Waals surface area contributed by atoms with Gasteiger partial charge in [0.1, 0.15) is 5.75 Å². The van der Waals surface area contributed by atoms with Gasteiger partial charge in [0.25, 0.3) is 0 Å². The van der Waals surface area contributed by atoms with Gasteiger partial charge in [-0.25, -0.2) is 0 Å². The van der Waals surface area contributed by atoms with Crippen LogP contribution in [0.4, 0.5) is 0 Å². The predicted molar refractivity (Wildman–Crippen MR) is 65.2 cm³/mol. The monoisotopic (exact) mass is 232 g/mol. The zero-order valence-electron chi connectivity index (χ0n) is 9.94. The lowest BCUT2D eigenvalue weighted by atomic mass is 10.1. The summed E-state index contributed by atoms with van der Waals surface area (Å²) in [4.78, 5) is 12.0. The molecule has 1 heterocycles. The van der Waals surface area contributed by atoms with Crippen LogP contribution in [-0.2, 0) is 4.74 Å². The fourth-order valence-corrected chi connectivity index (χ4v) is 1.73. The van der Waals surface area contributed by atoms with Crippen LogP contribution in [0.25, 0.3) is 0 Å². The summed E-state index contributed by atoms with van der Waals surface area (Å²) < 4.78 is 10.7. The van der Waals surface area contributed by atoms with Crippen molar-refractivity contribution in [3.8, 4) is 5.75 Å². The Kier molecular flexibility index (Phi) is 3.81.